The molecule has 0 aliphatic carbocycles. The average molecular weight is 167 g/mol. The molecule has 0 saturated heterocycles. The molecular weight excluding hydrogens is 166 g/mol. The van der Waals surface area contributed by atoms with E-state index in [2.05, 4.69) is 29.8 Å². The van der Waals surface area contributed by atoms with Gasteiger partial charge in [-0.3, -0.25) is 0 Å². The van der Waals surface area contributed by atoms with Gasteiger partial charge >= 0.3 is 11.8 Å². The summed E-state index contributed by atoms with van der Waals surface area (Å²) in [7, 11) is 0. The maximum absolute atomic E-state index is 10.5. The van der Waals surface area contributed by atoms with E-state index in [1.54, 1.807) is 0 Å². The molecule has 8 heteroatoms. The van der Waals surface area contributed by atoms with Crippen LogP contribution in [0.3, 0.4) is 0 Å². The Bertz CT molecular complexity index is 479. The molecule has 0 radical (unpaired) electrons. The summed E-state index contributed by atoms with van der Waals surface area (Å²) in [6, 6.07) is -0.550. The Morgan fingerprint density at radius 2 is 2.00 bits per heavy atom. The molecule has 1 N–H and O–H groups in total. The number of nitrogens with zero attached hydrogens (tertiary/aromatic N) is 5. The second-order valence-corrected chi connectivity index (χ2v) is 1.81. The van der Waals surface area contributed by atoms with Gasteiger partial charge in [0.15, 0.2) is 0 Å². The molecule has 0 spiro atoms. The summed E-state index contributed by atoms with van der Waals surface area (Å²) in [6.45, 7) is 0. The number of hydrogen-bond acceptors (Lipinski definition) is 8. The third-order valence-corrected chi connectivity index (χ3v) is 1.04. The van der Waals surface area contributed by atoms with Crippen molar-refractivity contribution in [1.82, 2.24) is 25.4 Å². The third-order valence-electron chi connectivity index (χ3n) is 1.04. The Balaban J connectivity index is 2.87. The van der Waals surface area contributed by atoms with Gasteiger partial charge in [-0.15, -0.1) is 10.2 Å². The summed E-state index contributed by atoms with van der Waals surface area (Å²) in [5, 5.41) is 21.5. The van der Waals surface area contributed by atoms with Crippen molar-refractivity contribution in [3.8, 4) is 6.01 Å². The second kappa shape index (κ2) is 2.19. The standard InChI is InChI=1S/C4HN5O3/c10-3-5-1-2(7-8-3)12-4(11)9-6-1/h(H,5,8,10). The first kappa shape index (κ1) is 6.58. The summed E-state index contributed by atoms with van der Waals surface area (Å²) in [5.41, 5.74) is -0.227. The number of rotatable bonds is 0. The van der Waals surface area contributed by atoms with Gasteiger partial charge in [0.05, 0.1) is 0 Å². The fraction of sp³-hybridized carbons (Fsp3) is 0. The molecule has 2 rings (SSSR count). The van der Waals surface area contributed by atoms with Crippen molar-refractivity contribution >= 4 is 11.4 Å². The molecule has 0 bridgehead atoms. The monoisotopic (exact) mass is 167 g/mol. The highest BCUT2D eigenvalue weighted by Gasteiger charge is 2.03. The van der Waals surface area contributed by atoms with Crippen LogP contribution < -0.4 is 5.76 Å². The lowest BCUT2D eigenvalue weighted by molar-refractivity contribution is 0.416. The third kappa shape index (κ3) is 0.944. The van der Waals surface area contributed by atoms with Gasteiger partial charge in [0.25, 0.3) is 5.71 Å². The number of hydrogen-bond donors (Lipinski definition) is 1. The first-order valence-electron chi connectivity index (χ1n) is 2.83. The van der Waals surface area contributed by atoms with Crippen LogP contribution in [0, 0.1) is 0 Å². The molecule has 8 nitrogen and oxygen atoms in total. The van der Waals surface area contributed by atoms with Gasteiger partial charge < -0.3 is 9.52 Å². The molecule has 0 saturated carbocycles. The van der Waals surface area contributed by atoms with E-state index in [9.17, 15) is 4.79 Å². The highest BCUT2D eigenvalue weighted by molar-refractivity contribution is 5.59. The summed E-state index contributed by atoms with van der Waals surface area (Å²) >= 11 is 0. The van der Waals surface area contributed by atoms with Gasteiger partial charge in [0, 0.05) is 0 Å². The SMILES string of the molecule is O=c1nnc2nc(O)nnc2o1. The molecule has 12 heavy (non-hydrogen) atoms. The van der Waals surface area contributed by atoms with E-state index in [0.717, 1.165) is 0 Å². The molecule has 0 atom stereocenters. The zero-order valence-electron chi connectivity index (χ0n) is 5.50. The molecule has 0 aromatic carbocycles. The van der Waals surface area contributed by atoms with Crippen LogP contribution >= 0.6 is 0 Å². The molecule has 0 aliphatic rings. The minimum absolute atomic E-state index is 0.0675. The molecule has 0 unspecified atom stereocenters. The summed E-state index contributed by atoms with van der Waals surface area (Å²) in [4.78, 5) is 13.9. The topological polar surface area (TPSA) is 115 Å². The van der Waals surface area contributed by atoms with E-state index >= 15 is 0 Å². The van der Waals surface area contributed by atoms with Crippen molar-refractivity contribution in [3.05, 3.63) is 10.6 Å². The quantitative estimate of drug-likeness (QED) is 0.502. The van der Waals surface area contributed by atoms with Crippen LogP contribution in [-0.2, 0) is 0 Å². The first-order chi connectivity index (χ1) is 5.75. The maximum Gasteiger partial charge on any atom is 0.459 e. The van der Waals surface area contributed by atoms with E-state index in [-0.39, 0.29) is 11.4 Å². The average Bonchev–Trinajstić information content (AvgIpc) is 2.05. The molecule has 0 aliphatic heterocycles. The Morgan fingerprint density at radius 3 is 2.83 bits per heavy atom. The molecular formula is C4HN5O3. The number of aromatic nitrogens is 5. The van der Waals surface area contributed by atoms with Crippen molar-refractivity contribution < 1.29 is 9.52 Å². The fourth-order valence-corrected chi connectivity index (χ4v) is 0.622. The molecule has 2 heterocycles. The molecule has 60 valence electrons. The van der Waals surface area contributed by atoms with Gasteiger partial charge in [-0.05, 0) is 0 Å². The predicted molar refractivity (Wildman–Crippen MR) is 33.1 cm³/mol. The van der Waals surface area contributed by atoms with Crippen LogP contribution in [0.4, 0.5) is 0 Å². The normalized spacial score (nSPS) is 10.3. The molecule has 0 amide bonds. The summed E-state index contributed by atoms with van der Waals surface area (Å²) in [5.74, 6) is -0.885. The summed E-state index contributed by atoms with van der Waals surface area (Å²) < 4.78 is 4.44. The Kier molecular flexibility index (Phi) is 1.20. The number of fused-ring (bicyclic) bond motifs is 1. The largest absolute Gasteiger partial charge is 0.478 e. The molecule has 2 aromatic rings. The smallest absolute Gasteiger partial charge is 0.459 e. The lowest BCUT2D eigenvalue weighted by atomic mass is 10.7. The fourth-order valence-electron chi connectivity index (χ4n) is 0.622. The minimum Gasteiger partial charge on any atom is -0.478 e. The van der Waals surface area contributed by atoms with Crippen molar-refractivity contribution in [2.75, 3.05) is 0 Å². The summed E-state index contributed by atoms with van der Waals surface area (Å²) in [6.07, 6.45) is 0. The lowest BCUT2D eigenvalue weighted by Crippen LogP contribution is -2.07. The second-order valence-electron chi connectivity index (χ2n) is 1.81. The van der Waals surface area contributed by atoms with Crippen molar-refractivity contribution in [1.29, 1.82) is 0 Å². The highest BCUT2D eigenvalue weighted by Crippen LogP contribution is 2.02. The van der Waals surface area contributed by atoms with Crippen LogP contribution in [0.25, 0.3) is 11.4 Å². The van der Waals surface area contributed by atoms with Crippen LogP contribution in [0.1, 0.15) is 0 Å². The van der Waals surface area contributed by atoms with Crippen LogP contribution in [0.2, 0.25) is 0 Å². The maximum atomic E-state index is 10.5. The Hall–Kier alpha value is -2.12. The first-order valence-corrected chi connectivity index (χ1v) is 2.83. The Labute approximate surface area is 63.9 Å². The van der Waals surface area contributed by atoms with E-state index in [1.165, 1.54) is 0 Å². The highest BCUT2D eigenvalue weighted by atomic mass is 16.4. The Morgan fingerprint density at radius 1 is 1.17 bits per heavy atom. The predicted octanol–water partition coefficient (Wildman–Crippen LogP) is -1.53. The van der Waals surface area contributed by atoms with Crippen molar-refractivity contribution in [2.24, 2.45) is 0 Å². The lowest BCUT2D eigenvalue weighted by Gasteiger charge is -1.89. The van der Waals surface area contributed by atoms with E-state index < -0.39 is 11.8 Å². The van der Waals surface area contributed by atoms with E-state index in [0.29, 0.717) is 0 Å². The molecule has 2 aromatic heterocycles. The van der Waals surface area contributed by atoms with E-state index in [1.807, 2.05) is 0 Å². The zero-order chi connectivity index (χ0) is 8.55. The molecule has 0 fully saturated rings. The van der Waals surface area contributed by atoms with Crippen LogP contribution in [0.5, 0.6) is 6.01 Å². The van der Waals surface area contributed by atoms with Crippen molar-refractivity contribution in [2.45, 2.75) is 0 Å². The van der Waals surface area contributed by atoms with Gasteiger partial charge in [0.1, 0.15) is 0 Å². The van der Waals surface area contributed by atoms with Gasteiger partial charge in [0.2, 0.25) is 5.65 Å². The van der Waals surface area contributed by atoms with Crippen LogP contribution in [0.15, 0.2) is 9.21 Å². The van der Waals surface area contributed by atoms with E-state index in [4.69, 9.17) is 5.11 Å². The van der Waals surface area contributed by atoms with Crippen LogP contribution in [-0.4, -0.2) is 30.5 Å². The minimum atomic E-state index is -0.885. The van der Waals surface area contributed by atoms with Gasteiger partial charge in [-0.2, -0.15) is 4.98 Å². The number of aromatic hydroxyl groups is 1. The van der Waals surface area contributed by atoms with Crippen molar-refractivity contribution in [3.63, 3.8) is 0 Å². The van der Waals surface area contributed by atoms with Gasteiger partial charge in [-0.25, -0.2) is 4.79 Å². The van der Waals surface area contributed by atoms with Gasteiger partial charge in [-0.1, -0.05) is 10.2 Å². The zero-order valence-corrected chi connectivity index (χ0v) is 5.50.